The number of phenols is 1. The van der Waals surface area contributed by atoms with Crippen molar-refractivity contribution >= 4 is 21.9 Å². The van der Waals surface area contributed by atoms with Crippen LogP contribution in [0.1, 0.15) is 31.7 Å². The molecule has 0 saturated heterocycles. The molecule has 18 heavy (non-hydrogen) atoms. The molecule has 0 aliphatic carbocycles. The standard InChI is InChI=1S/C16H16O2/c1-3-10(2)11-4-6-13-14-7-5-12(17)9-16(14)18-15(13)8-11/h4-10,17H,3H2,1-2H3. The van der Waals surface area contributed by atoms with Crippen molar-refractivity contribution in [1.29, 1.82) is 0 Å². The Kier molecular flexibility index (Phi) is 2.51. The maximum absolute atomic E-state index is 9.48. The zero-order chi connectivity index (χ0) is 12.7. The number of aromatic hydroxyl groups is 1. The second kappa shape index (κ2) is 4.05. The Balaban J connectivity index is 2.26. The number of rotatable bonds is 2. The molecule has 1 N–H and O–H groups in total. The van der Waals surface area contributed by atoms with Crippen LogP contribution in [0.15, 0.2) is 40.8 Å². The van der Waals surface area contributed by atoms with Crippen molar-refractivity contribution < 1.29 is 9.52 Å². The van der Waals surface area contributed by atoms with Gasteiger partial charge < -0.3 is 9.52 Å². The summed E-state index contributed by atoms with van der Waals surface area (Å²) in [6.07, 6.45) is 1.12. The van der Waals surface area contributed by atoms with Crippen molar-refractivity contribution in [2.75, 3.05) is 0 Å². The zero-order valence-electron chi connectivity index (χ0n) is 10.6. The van der Waals surface area contributed by atoms with E-state index >= 15 is 0 Å². The van der Waals surface area contributed by atoms with Gasteiger partial charge in [0.1, 0.15) is 16.9 Å². The number of benzene rings is 2. The molecule has 0 spiro atoms. The van der Waals surface area contributed by atoms with E-state index in [-0.39, 0.29) is 5.75 Å². The van der Waals surface area contributed by atoms with E-state index < -0.39 is 0 Å². The molecule has 1 unspecified atom stereocenters. The SMILES string of the molecule is CCC(C)c1ccc2c(c1)oc1cc(O)ccc12. The van der Waals surface area contributed by atoms with Crippen molar-refractivity contribution in [3.8, 4) is 5.75 Å². The first-order valence-corrected chi connectivity index (χ1v) is 6.34. The van der Waals surface area contributed by atoms with E-state index in [9.17, 15) is 5.11 Å². The molecule has 3 aromatic rings. The van der Waals surface area contributed by atoms with Crippen LogP contribution >= 0.6 is 0 Å². The number of phenolic OH excluding ortho intramolecular Hbond substituents is 1. The van der Waals surface area contributed by atoms with Gasteiger partial charge in [-0.2, -0.15) is 0 Å². The third-order valence-corrected chi connectivity index (χ3v) is 3.66. The predicted octanol–water partition coefficient (Wildman–Crippen LogP) is 4.81. The average molecular weight is 240 g/mol. The summed E-state index contributed by atoms with van der Waals surface area (Å²) >= 11 is 0. The highest BCUT2D eigenvalue weighted by Crippen LogP contribution is 2.33. The molecule has 0 saturated carbocycles. The Labute approximate surface area is 106 Å². The van der Waals surface area contributed by atoms with E-state index in [1.165, 1.54) is 5.56 Å². The van der Waals surface area contributed by atoms with E-state index in [0.29, 0.717) is 5.92 Å². The molecule has 0 aliphatic rings. The summed E-state index contributed by atoms with van der Waals surface area (Å²) in [6.45, 7) is 4.40. The second-order valence-corrected chi connectivity index (χ2v) is 4.85. The highest BCUT2D eigenvalue weighted by Gasteiger charge is 2.10. The average Bonchev–Trinajstić information content (AvgIpc) is 2.73. The van der Waals surface area contributed by atoms with Gasteiger partial charge in [-0.3, -0.25) is 0 Å². The van der Waals surface area contributed by atoms with E-state index in [2.05, 4.69) is 32.0 Å². The maximum atomic E-state index is 9.48. The molecule has 1 atom stereocenters. The molecule has 2 heteroatoms. The van der Waals surface area contributed by atoms with E-state index in [1.54, 1.807) is 12.1 Å². The summed E-state index contributed by atoms with van der Waals surface area (Å²) in [7, 11) is 0. The van der Waals surface area contributed by atoms with Gasteiger partial charge in [0, 0.05) is 16.8 Å². The van der Waals surface area contributed by atoms with Gasteiger partial charge in [0.05, 0.1) is 0 Å². The molecule has 0 fully saturated rings. The molecule has 1 heterocycles. The summed E-state index contributed by atoms with van der Waals surface area (Å²) in [5.74, 6) is 0.778. The minimum Gasteiger partial charge on any atom is -0.508 e. The van der Waals surface area contributed by atoms with Crippen LogP contribution < -0.4 is 0 Å². The highest BCUT2D eigenvalue weighted by molar-refractivity contribution is 6.05. The lowest BCUT2D eigenvalue weighted by molar-refractivity contribution is 0.475. The fourth-order valence-corrected chi connectivity index (χ4v) is 2.32. The summed E-state index contributed by atoms with van der Waals surface area (Å²) in [6, 6.07) is 11.6. The Morgan fingerprint density at radius 3 is 2.44 bits per heavy atom. The van der Waals surface area contributed by atoms with Crippen molar-refractivity contribution in [1.82, 2.24) is 0 Å². The Bertz CT molecular complexity index is 710. The molecule has 0 aliphatic heterocycles. The summed E-state index contributed by atoms with van der Waals surface area (Å²) < 4.78 is 5.81. The quantitative estimate of drug-likeness (QED) is 0.697. The minimum absolute atomic E-state index is 0.240. The summed E-state index contributed by atoms with van der Waals surface area (Å²) in [4.78, 5) is 0. The third kappa shape index (κ3) is 1.65. The van der Waals surface area contributed by atoms with Crippen molar-refractivity contribution in [2.24, 2.45) is 0 Å². The lowest BCUT2D eigenvalue weighted by Gasteiger charge is -2.07. The molecule has 0 amide bonds. The molecule has 0 radical (unpaired) electrons. The van der Waals surface area contributed by atoms with Crippen LogP contribution in [0.3, 0.4) is 0 Å². The normalized spacial score (nSPS) is 13.2. The van der Waals surface area contributed by atoms with E-state index in [0.717, 1.165) is 28.4 Å². The van der Waals surface area contributed by atoms with Gasteiger partial charge in [-0.15, -0.1) is 0 Å². The monoisotopic (exact) mass is 240 g/mol. The summed E-state index contributed by atoms with van der Waals surface area (Å²) in [5, 5.41) is 11.6. The van der Waals surface area contributed by atoms with Crippen LogP contribution in [0.25, 0.3) is 21.9 Å². The Morgan fingerprint density at radius 1 is 1.06 bits per heavy atom. The van der Waals surface area contributed by atoms with Gasteiger partial charge in [-0.1, -0.05) is 26.0 Å². The molecule has 2 aromatic carbocycles. The van der Waals surface area contributed by atoms with Gasteiger partial charge in [-0.25, -0.2) is 0 Å². The Morgan fingerprint density at radius 2 is 1.72 bits per heavy atom. The van der Waals surface area contributed by atoms with Crippen LogP contribution in [0.2, 0.25) is 0 Å². The maximum Gasteiger partial charge on any atom is 0.139 e. The third-order valence-electron chi connectivity index (χ3n) is 3.66. The molecule has 3 rings (SSSR count). The fraction of sp³-hybridized carbons (Fsp3) is 0.250. The highest BCUT2D eigenvalue weighted by atomic mass is 16.3. The first-order chi connectivity index (χ1) is 8.69. The number of fused-ring (bicyclic) bond motifs is 3. The smallest absolute Gasteiger partial charge is 0.139 e. The number of hydrogen-bond donors (Lipinski definition) is 1. The van der Waals surface area contributed by atoms with Crippen LogP contribution in [0, 0.1) is 0 Å². The topological polar surface area (TPSA) is 33.4 Å². The molecule has 1 aromatic heterocycles. The van der Waals surface area contributed by atoms with Crippen LogP contribution in [-0.2, 0) is 0 Å². The summed E-state index contributed by atoms with van der Waals surface area (Å²) in [5.41, 5.74) is 2.94. The molecular formula is C16H16O2. The van der Waals surface area contributed by atoms with Crippen LogP contribution in [0.4, 0.5) is 0 Å². The van der Waals surface area contributed by atoms with Gasteiger partial charge >= 0.3 is 0 Å². The Hall–Kier alpha value is -1.96. The fourth-order valence-electron chi connectivity index (χ4n) is 2.32. The lowest BCUT2D eigenvalue weighted by Crippen LogP contribution is -1.89. The largest absolute Gasteiger partial charge is 0.508 e. The van der Waals surface area contributed by atoms with Crippen molar-refractivity contribution in [2.45, 2.75) is 26.2 Å². The minimum atomic E-state index is 0.240. The molecule has 0 bridgehead atoms. The van der Waals surface area contributed by atoms with Crippen LogP contribution in [-0.4, -0.2) is 5.11 Å². The van der Waals surface area contributed by atoms with Crippen molar-refractivity contribution in [3.05, 3.63) is 42.0 Å². The molecule has 2 nitrogen and oxygen atoms in total. The van der Waals surface area contributed by atoms with Gasteiger partial charge in [0.15, 0.2) is 0 Å². The first kappa shape index (κ1) is 11.1. The number of furan rings is 1. The first-order valence-electron chi connectivity index (χ1n) is 6.34. The predicted molar refractivity (Wildman–Crippen MR) is 74.1 cm³/mol. The van der Waals surface area contributed by atoms with Crippen molar-refractivity contribution in [3.63, 3.8) is 0 Å². The molecular weight excluding hydrogens is 224 g/mol. The van der Waals surface area contributed by atoms with Gasteiger partial charge in [-0.05, 0) is 36.1 Å². The zero-order valence-corrected chi connectivity index (χ0v) is 10.6. The molecule has 92 valence electrons. The van der Waals surface area contributed by atoms with E-state index in [1.807, 2.05) is 6.07 Å². The second-order valence-electron chi connectivity index (χ2n) is 4.85. The van der Waals surface area contributed by atoms with Gasteiger partial charge in [0.25, 0.3) is 0 Å². The number of hydrogen-bond acceptors (Lipinski definition) is 2. The van der Waals surface area contributed by atoms with Gasteiger partial charge in [0.2, 0.25) is 0 Å². The lowest BCUT2D eigenvalue weighted by atomic mass is 9.97. The van der Waals surface area contributed by atoms with Crippen LogP contribution in [0.5, 0.6) is 5.75 Å². The van der Waals surface area contributed by atoms with E-state index in [4.69, 9.17) is 4.42 Å².